The van der Waals surface area contributed by atoms with Crippen LogP contribution in [-0.2, 0) is 5.60 Å². The second-order valence-electron chi connectivity index (χ2n) is 8.09. The van der Waals surface area contributed by atoms with Gasteiger partial charge < -0.3 is 19.8 Å². The number of hydrogen-bond acceptors (Lipinski definition) is 4. The summed E-state index contributed by atoms with van der Waals surface area (Å²) in [6, 6.07) is 11.3. The summed E-state index contributed by atoms with van der Waals surface area (Å²) in [5, 5.41) is 21.8. The highest BCUT2D eigenvalue weighted by molar-refractivity contribution is 5.89. The number of benzene rings is 2. The Morgan fingerprint density at radius 3 is 2.90 bits per heavy atom. The Kier molecular flexibility index (Phi) is 3.90. The highest BCUT2D eigenvalue weighted by atomic mass is 16.5. The van der Waals surface area contributed by atoms with Crippen molar-refractivity contribution in [3.05, 3.63) is 59.0 Å². The molecule has 5 rings (SSSR count). The van der Waals surface area contributed by atoms with Gasteiger partial charge in [0.05, 0.1) is 29.3 Å². The number of ether oxygens (including phenoxy) is 1. The van der Waals surface area contributed by atoms with E-state index in [0.29, 0.717) is 40.7 Å². The number of aryl methyl sites for hydroxylation is 1. The van der Waals surface area contributed by atoms with Crippen LogP contribution in [0.2, 0.25) is 0 Å². The van der Waals surface area contributed by atoms with Crippen molar-refractivity contribution in [3.8, 4) is 11.8 Å². The third-order valence-corrected chi connectivity index (χ3v) is 5.74. The number of nitrogens with zero attached hydrogens (tertiary/aromatic N) is 2. The Bertz CT molecular complexity index is 1270. The Morgan fingerprint density at radius 2 is 2.14 bits per heavy atom. The highest BCUT2D eigenvalue weighted by Gasteiger charge is 2.36. The molecular formula is C23H22N4O2. The molecule has 1 saturated carbocycles. The smallest absolute Gasteiger partial charge is 0.148 e. The molecule has 0 saturated heterocycles. The van der Waals surface area contributed by atoms with Crippen molar-refractivity contribution in [2.45, 2.75) is 32.3 Å². The number of aromatic amines is 2. The van der Waals surface area contributed by atoms with Crippen LogP contribution in [0, 0.1) is 24.2 Å². The fraction of sp³-hybridized carbons (Fsp3) is 0.304. The summed E-state index contributed by atoms with van der Waals surface area (Å²) in [4.78, 5) is 11.1. The molecule has 4 aromatic rings. The summed E-state index contributed by atoms with van der Waals surface area (Å²) in [5.74, 6) is 1.71. The normalized spacial score (nSPS) is 16.1. The van der Waals surface area contributed by atoms with Crippen LogP contribution in [0.15, 0.2) is 36.5 Å². The zero-order valence-corrected chi connectivity index (χ0v) is 16.4. The van der Waals surface area contributed by atoms with E-state index in [0.717, 1.165) is 22.0 Å². The fourth-order valence-electron chi connectivity index (χ4n) is 3.91. The number of H-pyrrole nitrogens is 2. The first-order valence-electron chi connectivity index (χ1n) is 9.84. The quantitative estimate of drug-likeness (QED) is 0.477. The molecule has 1 fully saturated rings. The molecule has 6 heteroatoms. The molecule has 1 aliphatic carbocycles. The second kappa shape index (κ2) is 6.36. The van der Waals surface area contributed by atoms with Gasteiger partial charge in [0, 0.05) is 22.7 Å². The largest absolute Gasteiger partial charge is 0.493 e. The van der Waals surface area contributed by atoms with E-state index in [9.17, 15) is 5.11 Å². The predicted octanol–water partition coefficient (Wildman–Crippen LogP) is 4.27. The van der Waals surface area contributed by atoms with Gasteiger partial charge in [-0.05, 0) is 68.5 Å². The van der Waals surface area contributed by atoms with Gasteiger partial charge in [-0.3, -0.25) is 0 Å². The lowest BCUT2D eigenvalue weighted by Gasteiger charge is -2.26. The molecule has 2 aromatic carbocycles. The molecule has 0 aliphatic heterocycles. The summed E-state index contributed by atoms with van der Waals surface area (Å²) in [7, 11) is 0. The van der Waals surface area contributed by atoms with Gasteiger partial charge in [-0.15, -0.1) is 0 Å². The minimum absolute atomic E-state index is 0.421. The van der Waals surface area contributed by atoms with Crippen LogP contribution in [0.3, 0.4) is 0 Å². The van der Waals surface area contributed by atoms with Gasteiger partial charge in [0.25, 0.3) is 0 Å². The minimum atomic E-state index is -1.40. The Morgan fingerprint density at radius 1 is 1.31 bits per heavy atom. The van der Waals surface area contributed by atoms with E-state index in [1.54, 1.807) is 25.1 Å². The molecular weight excluding hydrogens is 364 g/mol. The van der Waals surface area contributed by atoms with Gasteiger partial charge in [-0.1, -0.05) is 0 Å². The molecule has 2 heterocycles. The average Bonchev–Trinajstić information content (AvgIpc) is 3.22. The SMILES string of the molecule is Cc1cc(OCC2CC2)c(C(C)(O)c2nc3ccc(C#N)cc3[nH]2)c2cc[nH]c12. The summed E-state index contributed by atoms with van der Waals surface area (Å²) < 4.78 is 6.18. The predicted molar refractivity (Wildman–Crippen MR) is 111 cm³/mol. The van der Waals surface area contributed by atoms with Crippen molar-refractivity contribution in [1.82, 2.24) is 15.0 Å². The first kappa shape index (κ1) is 17.8. The Balaban J connectivity index is 1.68. The number of imidazole rings is 1. The second-order valence-corrected chi connectivity index (χ2v) is 8.09. The number of fused-ring (bicyclic) bond motifs is 2. The van der Waals surface area contributed by atoms with Crippen LogP contribution in [0.4, 0.5) is 0 Å². The lowest BCUT2D eigenvalue weighted by Crippen LogP contribution is -2.26. The molecule has 29 heavy (non-hydrogen) atoms. The topological polar surface area (TPSA) is 97.7 Å². The monoisotopic (exact) mass is 386 g/mol. The van der Waals surface area contributed by atoms with Crippen LogP contribution in [0.5, 0.6) is 5.75 Å². The molecule has 3 N–H and O–H groups in total. The van der Waals surface area contributed by atoms with Gasteiger partial charge in [0.2, 0.25) is 0 Å². The molecule has 1 unspecified atom stereocenters. The van der Waals surface area contributed by atoms with E-state index in [-0.39, 0.29) is 0 Å². The van der Waals surface area contributed by atoms with Crippen molar-refractivity contribution in [2.75, 3.05) is 6.61 Å². The van der Waals surface area contributed by atoms with E-state index < -0.39 is 5.60 Å². The number of hydrogen-bond donors (Lipinski definition) is 3. The van der Waals surface area contributed by atoms with Crippen LogP contribution in [-0.4, -0.2) is 26.7 Å². The van der Waals surface area contributed by atoms with Gasteiger partial charge in [0.15, 0.2) is 0 Å². The Hall–Kier alpha value is -3.30. The third-order valence-electron chi connectivity index (χ3n) is 5.74. The fourth-order valence-corrected chi connectivity index (χ4v) is 3.91. The van der Waals surface area contributed by atoms with Crippen LogP contribution >= 0.6 is 0 Å². The van der Waals surface area contributed by atoms with Crippen LogP contribution < -0.4 is 4.74 Å². The highest BCUT2D eigenvalue weighted by Crippen LogP contribution is 2.42. The molecule has 0 bridgehead atoms. The van der Waals surface area contributed by atoms with Crippen molar-refractivity contribution in [2.24, 2.45) is 5.92 Å². The number of nitrogens with one attached hydrogen (secondary N) is 2. The maximum atomic E-state index is 11.7. The van der Waals surface area contributed by atoms with Gasteiger partial charge in [-0.25, -0.2) is 4.98 Å². The van der Waals surface area contributed by atoms with E-state index in [4.69, 9.17) is 10.00 Å². The van der Waals surface area contributed by atoms with Crippen molar-refractivity contribution in [1.29, 1.82) is 5.26 Å². The maximum Gasteiger partial charge on any atom is 0.148 e. The average molecular weight is 386 g/mol. The van der Waals surface area contributed by atoms with Gasteiger partial charge in [0.1, 0.15) is 17.2 Å². The third kappa shape index (κ3) is 2.95. The van der Waals surface area contributed by atoms with Crippen molar-refractivity contribution in [3.63, 3.8) is 0 Å². The molecule has 2 aromatic heterocycles. The number of aliphatic hydroxyl groups is 1. The van der Waals surface area contributed by atoms with E-state index in [1.807, 2.05) is 25.3 Å². The van der Waals surface area contributed by atoms with Crippen molar-refractivity contribution >= 4 is 21.9 Å². The molecule has 1 aliphatic rings. The maximum absolute atomic E-state index is 11.7. The number of rotatable bonds is 5. The molecule has 6 nitrogen and oxygen atoms in total. The van der Waals surface area contributed by atoms with Crippen molar-refractivity contribution < 1.29 is 9.84 Å². The zero-order valence-electron chi connectivity index (χ0n) is 16.4. The molecule has 0 radical (unpaired) electrons. The minimum Gasteiger partial charge on any atom is -0.493 e. The summed E-state index contributed by atoms with van der Waals surface area (Å²) in [6.45, 7) is 4.42. The van der Waals surface area contributed by atoms with E-state index >= 15 is 0 Å². The number of nitriles is 1. The summed E-state index contributed by atoms with van der Waals surface area (Å²) in [6.07, 6.45) is 4.27. The van der Waals surface area contributed by atoms with Crippen LogP contribution in [0.1, 0.15) is 42.3 Å². The van der Waals surface area contributed by atoms with Gasteiger partial charge in [-0.2, -0.15) is 5.26 Å². The van der Waals surface area contributed by atoms with E-state index in [1.165, 1.54) is 12.8 Å². The Labute approximate surface area is 168 Å². The lowest BCUT2D eigenvalue weighted by atomic mass is 9.90. The summed E-state index contributed by atoms with van der Waals surface area (Å²) >= 11 is 0. The van der Waals surface area contributed by atoms with Gasteiger partial charge >= 0.3 is 0 Å². The molecule has 1 atom stereocenters. The molecule has 0 spiro atoms. The number of aromatic nitrogens is 3. The zero-order chi connectivity index (χ0) is 20.2. The summed E-state index contributed by atoms with van der Waals surface area (Å²) in [5.41, 5.74) is 3.30. The molecule has 146 valence electrons. The van der Waals surface area contributed by atoms with E-state index in [2.05, 4.69) is 21.0 Å². The standard InChI is InChI=1S/C23H22N4O2/c1-13-9-19(29-12-14-3-4-14)20(16-7-8-25-21(13)16)23(2,28)22-26-17-6-5-15(11-24)10-18(17)27-22/h5-10,14,25,28H,3-4,12H2,1-2H3,(H,26,27). The van der Waals surface area contributed by atoms with Crippen LogP contribution in [0.25, 0.3) is 21.9 Å². The first-order chi connectivity index (χ1) is 14.0. The molecule has 0 amide bonds. The lowest BCUT2D eigenvalue weighted by molar-refractivity contribution is 0.0908. The first-order valence-corrected chi connectivity index (χ1v) is 9.84.